The second-order valence-corrected chi connectivity index (χ2v) is 9.11. The Morgan fingerprint density at radius 3 is 2.14 bits per heavy atom. The Bertz CT molecular complexity index is 952. The van der Waals surface area contributed by atoms with E-state index in [0.717, 1.165) is 28.0 Å². The molecule has 0 aliphatic carbocycles. The number of rotatable bonds is 4. The van der Waals surface area contributed by atoms with Crippen LogP contribution in [0.5, 0.6) is 0 Å². The predicted molar refractivity (Wildman–Crippen MR) is 117 cm³/mol. The predicted octanol–water partition coefficient (Wildman–Crippen LogP) is 4.66. The molecule has 28 heavy (non-hydrogen) atoms. The summed E-state index contributed by atoms with van der Waals surface area (Å²) in [6.45, 7) is 8.97. The molecule has 0 N–H and O–H groups in total. The molecule has 0 saturated carbocycles. The van der Waals surface area contributed by atoms with Crippen LogP contribution in [0.4, 0.5) is 0 Å². The van der Waals surface area contributed by atoms with E-state index in [9.17, 15) is 0 Å². The average Bonchev–Trinajstić information content (AvgIpc) is 3.15. The van der Waals surface area contributed by atoms with Gasteiger partial charge in [-0.1, -0.05) is 58.4 Å². The Kier molecular flexibility index (Phi) is 4.98. The van der Waals surface area contributed by atoms with Gasteiger partial charge in [0, 0.05) is 22.8 Å². The van der Waals surface area contributed by atoms with Crippen molar-refractivity contribution in [2.45, 2.75) is 45.4 Å². The molecule has 0 amide bonds. The molecule has 2 aromatic carbocycles. The first-order valence-electron chi connectivity index (χ1n) is 9.48. The summed E-state index contributed by atoms with van der Waals surface area (Å²) in [6, 6.07) is 18.6. The van der Waals surface area contributed by atoms with E-state index in [4.69, 9.17) is 14.3 Å². The minimum absolute atomic E-state index is 0.390. The summed E-state index contributed by atoms with van der Waals surface area (Å²) in [6.07, 6.45) is 2.05. The number of nitrogens with zero attached hydrogens (tertiary/aromatic N) is 2. The maximum atomic E-state index is 6.22. The van der Waals surface area contributed by atoms with Crippen LogP contribution >= 0.6 is 15.9 Å². The standard InChI is InChI=1S/C22H24BBrN2O2/c1-21(2)22(3,4)28-23(27-21)19-15-26(14-16-8-6-5-7-9-16)20(25-19)17-10-12-18(24)13-11-17/h5-13,15H,14H2,1-4H3. The van der Waals surface area contributed by atoms with Crippen LogP contribution in [0.1, 0.15) is 33.3 Å². The molecule has 0 atom stereocenters. The molecular formula is C22H24BBrN2O2. The molecule has 3 aromatic rings. The molecular weight excluding hydrogens is 415 g/mol. The zero-order chi connectivity index (χ0) is 19.9. The van der Waals surface area contributed by atoms with Gasteiger partial charge < -0.3 is 13.9 Å². The van der Waals surface area contributed by atoms with Crippen LogP contribution in [0.25, 0.3) is 11.4 Å². The topological polar surface area (TPSA) is 36.3 Å². The largest absolute Gasteiger partial charge is 0.516 e. The number of aromatic nitrogens is 2. The quantitative estimate of drug-likeness (QED) is 0.555. The Balaban J connectivity index is 1.73. The van der Waals surface area contributed by atoms with Gasteiger partial charge in [0.25, 0.3) is 0 Å². The van der Waals surface area contributed by atoms with E-state index in [0.29, 0.717) is 0 Å². The van der Waals surface area contributed by atoms with Gasteiger partial charge >= 0.3 is 7.12 Å². The maximum absolute atomic E-state index is 6.22. The van der Waals surface area contributed by atoms with Gasteiger partial charge in [0.15, 0.2) is 0 Å². The fraction of sp³-hybridized carbons (Fsp3) is 0.318. The SMILES string of the molecule is CC1(C)OB(c2cn(Cc3ccccc3)c(-c3ccc(Br)cc3)n2)OC1(C)C. The van der Waals surface area contributed by atoms with Crippen LogP contribution in [-0.2, 0) is 15.9 Å². The van der Waals surface area contributed by atoms with Gasteiger partial charge in [-0.3, -0.25) is 0 Å². The summed E-state index contributed by atoms with van der Waals surface area (Å²) in [7, 11) is -0.476. The van der Waals surface area contributed by atoms with Crippen LogP contribution < -0.4 is 5.59 Å². The van der Waals surface area contributed by atoms with Crippen LogP contribution in [0.15, 0.2) is 65.3 Å². The number of benzene rings is 2. The lowest BCUT2D eigenvalue weighted by Gasteiger charge is -2.32. The summed E-state index contributed by atoms with van der Waals surface area (Å²) in [5, 5.41) is 0. The molecule has 6 heteroatoms. The smallest absolute Gasteiger partial charge is 0.398 e. The van der Waals surface area contributed by atoms with Gasteiger partial charge in [0.05, 0.1) is 16.8 Å². The average molecular weight is 439 g/mol. The van der Waals surface area contributed by atoms with Crippen molar-refractivity contribution in [3.8, 4) is 11.4 Å². The van der Waals surface area contributed by atoms with Crippen LogP contribution in [0.3, 0.4) is 0 Å². The molecule has 4 nitrogen and oxygen atoms in total. The number of halogens is 1. The molecule has 1 aliphatic heterocycles. The summed E-state index contributed by atoms with van der Waals surface area (Å²) in [5.41, 5.74) is 2.30. The molecule has 144 valence electrons. The fourth-order valence-corrected chi connectivity index (χ4v) is 3.51. The van der Waals surface area contributed by atoms with E-state index in [-0.39, 0.29) is 0 Å². The fourth-order valence-electron chi connectivity index (χ4n) is 3.24. The Labute approximate surface area is 175 Å². The van der Waals surface area contributed by atoms with Crippen LogP contribution in [-0.4, -0.2) is 27.9 Å². The third-order valence-corrected chi connectivity index (χ3v) is 6.12. The highest BCUT2D eigenvalue weighted by atomic mass is 79.9. The first-order valence-corrected chi connectivity index (χ1v) is 10.3. The van der Waals surface area contributed by atoms with E-state index in [1.165, 1.54) is 5.56 Å². The molecule has 1 aliphatic rings. The normalized spacial score (nSPS) is 17.8. The summed E-state index contributed by atoms with van der Waals surface area (Å²) >= 11 is 3.51. The van der Waals surface area contributed by atoms with E-state index < -0.39 is 18.3 Å². The third kappa shape index (κ3) is 3.69. The number of hydrogen-bond acceptors (Lipinski definition) is 3. The zero-order valence-electron chi connectivity index (χ0n) is 16.6. The lowest BCUT2D eigenvalue weighted by Crippen LogP contribution is -2.41. The molecule has 0 unspecified atom stereocenters. The van der Waals surface area contributed by atoms with Gasteiger partial charge in [0.2, 0.25) is 0 Å². The molecule has 0 radical (unpaired) electrons. The van der Waals surface area contributed by atoms with Crippen molar-refractivity contribution in [3.05, 3.63) is 70.8 Å². The Morgan fingerprint density at radius 1 is 0.929 bits per heavy atom. The number of hydrogen-bond donors (Lipinski definition) is 0. The molecule has 1 saturated heterocycles. The highest BCUT2D eigenvalue weighted by molar-refractivity contribution is 9.10. The van der Waals surface area contributed by atoms with E-state index in [2.05, 4.69) is 84.6 Å². The van der Waals surface area contributed by atoms with Crippen molar-refractivity contribution < 1.29 is 9.31 Å². The van der Waals surface area contributed by atoms with Crippen LogP contribution in [0, 0.1) is 0 Å². The van der Waals surface area contributed by atoms with Gasteiger partial charge in [-0.25, -0.2) is 4.98 Å². The van der Waals surface area contributed by atoms with Gasteiger partial charge in [-0.15, -0.1) is 0 Å². The minimum atomic E-state index is -0.476. The summed E-state index contributed by atoms with van der Waals surface area (Å²) in [4.78, 5) is 4.92. The number of imidazole rings is 1. The van der Waals surface area contributed by atoms with Gasteiger partial charge in [-0.05, 0) is 45.4 Å². The Hall–Kier alpha value is -1.89. The minimum Gasteiger partial charge on any atom is -0.398 e. The Morgan fingerprint density at radius 2 is 1.54 bits per heavy atom. The molecule has 0 bridgehead atoms. The summed E-state index contributed by atoms with van der Waals surface area (Å²) in [5.74, 6) is 0.904. The lowest BCUT2D eigenvalue weighted by molar-refractivity contribution is 0.00578. The second kappa shape index (κ2) is 7.18. The molecule has 0 spiro atoms. The van der Waals surface area contributed by atoms with Crippen molar-refractivity contribution in [2.24, 2.45) is 0 Å². The van der Waals surface area contributed by atoms with Crippen molar-refractivity contribution in [3.63, 3.8) is 0 Å². The van der Waals surface area contributed by atoms with Crippen molar-refractivity contribution in [1.82, 2.24) is 9.55 Å². The highest BCUT2D eigenvalue weighted by Gasteiger charge is 2.52. The molecule has 2 heterocycles. The van der Waals surface area contributed by atoms with E-state index in [1.54, 1.807) is 0 Å². The highest BCUT2D eigenvalue weighted by Crippen LogP contribution is 2.36. The molecule has 4 rings (SSSR count). The monoisotopic (exact) mass is 438 g/mol. The van der Waals surface area contributed by atoms with Crippen molar-refractivity contribution >= 4 is 28.6 Å². The first kappa shape index (κ1) is 19.4. The second-order valence-electron chi connectivity index (χ2n) is 8.20. The van der Waals surface area contributed by atoms with Crippen LogP contribution in [0.2, 0.25) is 0 Å². The van der Waals surface area contributed by atoms with E-state index >= 15 is 0 Å². The van der Waals surface area contributed by atoms with Gasteiger partial charge in [-0.2, -0.15) is 0 Å². The first-order chi connectivity index (χ1) is 13.2. The van der Waals surface area contributed by atoms with Crippen molar-refractivity contribution in [1.29, 1.82) is 0 Å². The van der Waals surface area contributed by atoms with Crippen molar-refractivity contribution in [2.75, 3.05) is 0 Å². The summed E-state index contributed by atoms with van der Waals surface area (Å²) < 4.78 is 15.6. The van der Waals surface area contributed by atoms with Gasteiger partial charge in [0.1, 0.15) is 5.82 Å². The zero-order valence-corrected chi connectivity index (χ0v) is 18.2. The maximum Gasteiger partial charge on any atom is 0.516 e. The molecule has 1 fully saturated rings. The third-order valence-electron chi connectivity index (χ3n) is 5.59. The lowest BCUT2D eigenvalue weighted by atomic mass is 9.86. The molecule has 1 aromatic heterocycles. The van der Waals surface area contributed by atoms with E-state index in [1.807, 2.05) is 24.4 Å².